The van der Waals surface area contributed by atoms with Gasteiger partial charge in [0, 0.05) is 30.9 Å². The number of hydrogen-bond donors (Lipinski definition) is 1. The summed E-state index contributed by atoms with van der Waals surface area (Å²) in [5, 5.41) is 3.59. The third-order valence-corrected chi connectivity index (χ3v) is 5.57. The summed E-state index contributed by atoms with van der Waals surface area (Å²) in [6, 6.07) is 8.15. The first-order chi connectivity index (χ1) is 12.3. The fraction of sp³-hybridized carbons (Fsp3) is 0.550. The molecule has 1 aliphatic heterocycles. The van der Waals surface area contributed by atoms with Crippen molar-refractivity contribution in [2.75, 3.05) is 19.6 Å². The summed E-state index contributed by atoms with van der Waals surface area (Å²) >= 11 is 0. The number of likely N-dealkylation sites (tertiary alicyclic amines) is 1. The Kier molecular flexibility index (Phi) is 5.04. The van der Waals surface area contributed by atoms with E-state index in [1.807, 2.05) is 22.8 Å². The van der Waals surface area contributed by atoms with Crippen LogP contribution in [0.15, 0.2) is 39.7 Å². The summed E-state index contributed by atoms with van der Waals surface area (Å²) in [5.41, 5.74) is 2.73. The molecule has 0 bridgehead atoms. The Morgan fingerprint density at radius 2 is 2.04 bits per heavy atom. The largest absolute Gasteiger partial charge is 0.468 e. The molecule has 0 spiro atoms. The molecule has 2 aromatic heterocycles. The van der Waals surface area contributed by atoms with Gasteiger partial charge in [0.15, 0.2) is 0 Å². The van der Waals surface area contributed by atoms with Gasteiger partial charge in [-0.2, -0.15) is 0 Å². The summed E-state index contributed by atoms with van der Waals surface area (Å²) < 4.78 is 7.42. The van der Waals surface area contributed by atoms with E-state index in [0.29, 0.717) is 6.04 Å². The Morgan fingerprint density at radius 3 is 2.84 bits per heavy atom. The number of nitrogens with one attached hydrogen (secondary N) is 1. The van der Waals surface area contributed by atoms with Crippen LogP contribution in [0.3, 0.4) is 0 Å². The Balaban J connectivity index is 1.41. The van der Waals surface area contributed by atoms with E-state index in [2.05, 4.69) is 10.2 Å². The molecule has 0 amide bonds. The molecule has 5 heteroatoms. The first-order valence-corrected chi connectivity index (χ1v) is 9.49. The smallest absolute Gasteiger partial charge is 0.250 e. The fourth-order valence-corrected chi connectivity index (χ4v) is 4.15. The van der Waals surface area contributed by atoms with E-state index < -0.39 is 0 Å². The van der Waals surface area contributed by atoms with Gasteiger partial charge in [0.25, 0.3) is 5.56 Å². The maximum atomic E-state index is 12.4. The van der Waals surface area contributed by atoms with E-state index in [1.54, 1.807) is 12.3 Å². The molecule has 1 unspecified atom stereocenters. The number of hydrogen-bond acceptors (Lipinski definition) is 4. The third-order valence-electron chi connectivity index (χ3n) is 5.57. The van der Waals surface area contributed by atoms with E-state index in [4.69, 9.17) is 4.42 Å². The minimum absolute atomic E-state index is 0.153. The summed E-state index contributed by atoms with van der Waals surface area (Å²) in [6.45, 7) is 4.95. The van der Waals surface area contributed by atoms with Gasteiger partial charge in [-0.05, 0) is 62.9 Å². The maximum Gasteiger partial charge on any atom is 0.250 e. The SMILES string of the molecule is O=c1ccc2c(n1CCN1CCCC1)CCC(NCc1ccco1)C2. The molecule has 1 saturated heterocycles. The quantitative estimate of drug-likeness (QED) is 0.875. The average Bonchev–Trinajstić information content (AvgIpc) is 3.33. The molecule has 0 aromatic carbocycles. The predicted octanol–water partition coefficient (Wildman–Crippen LogP) is 2.18. The van der Waals surface area contributed by atoms with Gasteiger partial charge in [-0.1, -0.05) is 6.07 Å². The molecule has 5 nitrogen and oxygen atoms in total. The Hall–Kier alpha value is -1.85. The zero-order valence-corrected chi connectivity index (χ0v) is 14.7. The second-order valence-electron chi connectivity index (χ2n) is 7.24. The first-order valence-electron chi connectivity index (χ1n) is 9.49. The fourth-order valence-electron chi connectivity index (χ4n) is 4.15. The highest BCUT2D eigenvalue weighted by Gasteiger charge is 2.22. The number of pyridine rings is 1. The van der Waals surface area contributed by atoms with Crippen LogP contribution in [0.5, 0.6) is 0 Å². The number of rotatable bonds is 6. The number of fused-ring (bicyclic) bond motifs is 1. The van der Waals surface area contributed by atoms with Crippen molar-refractivity contribution in [1.29, 1.82) is 0 Å². The molecule has 25 heavy (non-hydrogen) atoms. The monoisotopic (exact) mass is 341 g/mol. The van der Waals surface area contributed by atoms with Crippen molar-refractivity contribution >= 4 is 0 Å². The van der Waals surface area contributed by atoms with Gasteiger partial charge in [-0.25, -0.2) is 0 Å². The highest BCUT2D eigenvalue weighted by Crippen LogP contribution is 2.21. The van der Waals surface area contributed by atoms with Gasteiger partial charge >= 0.3 is 0 Å². The van der Waals surface area contributed by atoms with Crippen LogP contribution in [0, 0.1) is 0 Å². The molecule has 1 atom stereocenters. The number of aromatic nitrogens is 1. The molecule has 0 saturated carbocycles. The number of nitrogens with zero attached hydrogens (tertiary/aromatic N) is 2. The van der Waals surface area contributed by atoms with Crippen molar-refractivity contribution in [2.45, 2.75) is 51.2 Å². The topological polar surface area (TPSA) is 50.4 Å². The molecular formula is C20H27N3O2. The molecule has 2 aromatic rings. The zero-order valence-electron chi connectivity index (χ0n) is 14.7. The standard InChI is InChI=1S/C20H27N3O2/c24-20-8-5-16-14-17(21-15-18-4-3-13-25-18)6-7-19(16)23(20)12-11-22-9-1-2-10-22/h3-5,8,13,17,21H,1-2,6-7,9-12,14-15H2. The number of furan rings is 1. The van der Waals surface area contributed by atoms with Crippen molar-refractivity contribution in [1.82, 2.24) is 14.8 Å². The summed E-state index contributed by atoms with van der Waals surface area (Å²) in [6.07, 6.45) is 7.34. The van der Waals surface area contributed by atoms with Gasteiger partial charge in [0.05, 0.1) is 12.8 Å². The lowest BCUT2D eigenvalue weighted by Gasteiger charge is -2.28. The molecule has 3 heterocycles. The molecule has 4 rings (SSSR count). The lowest BCUT2D eigenvalue weighted by Crippen LogP contribution is -2.38. The predicted molar refractivity (Wildman–Crippen MR) is 97.7 cm³/mol. The average molecular weight is 341 g/mol. The Labute approximate surface area is 148 Å². The third kappa shape index (κ3) is 3.88. The van der Waals surface area contributed by atoms with Gasteiger partial charge in [-0.3, -0.25) is 4.79 Å². The van der Waals surface area contributed by atoms with Gasteiger partial charge in [-0.15, -0.1) is 0 Å². The van der Waals surface area contributed by atoms with Crippen molar-refractivity contribution in [2.24, 2.45) is 0 Å². The van der Waals surface area contributed by atoms with Crippen LogP contribution < -0.4 is 10.9 Å². The lowest BCUT2D eigenvalue weighted by atomic mass is 9.91. The summed E-state index contributed by atoms with van der Waals surface area (Å²) in [4.78, 5) is 14.8. The van der Waals surface area contributed by atoms with E-state index >= 15 is 0 Å². The van der Waals surface area contributed by atoms with Crippen LogP contribution in [0.25, 0.3) is 0 Å². The van der Waals surface area contributed by atoms with E-state index in [0.717, 1.165) is 44.7 Å². The van der Waals surface area contributed by atoms with Gasteiger partial charge < -0.3 is 19.2 Å². The molecule has 1 fully saturated rings. The zero-order chi connectivity index (χ0) is 17.1. The Morgan fingerprint density at radius 1 is 1.16 bits per heavy atom. The molecule has 1 N–H and O–H groups in total. The second-order valence-corrected chi connectivity index (χ2v) is 7.24. The van der Waals surface area contributed by atoms with Crippen LogP contribution in [0.2, 0.25) is 0 Å². The van der Waals surface area contributed by atoms with Gasteiger partial charge in [0.1, 0.15) is 5.76 Å². The van der Waals surface area contributed by atoms with Crippen LogP contribution >= 0.6 is 0 Å². The minimum atomic E-state index is 0.153. The Bertz CT molecular complexity index is 745. The van der Waals surface area contributed by atoms with Crippen molar-refractivity contribution in [3.63, 3.8) is 0 Å². The molecular weight excluding hydrogens is 314 g/mol. The first kappa shape index (κ1) is 16.6. The van der Waals surface area contributed by atoms with Crippen LogP contribution in [-0.4, -0.2) is 35.1 Å². The molecule has 134 valence electrons. The van der Waals surface area contributed by atoms with E-state index in [9.17, 15) is 4.79 Å². The van der Waals surface area contributed by atoms with E-state index in [1.165, 1.54) is 37.2 Å². The van der Waals surface area contributed by atoms with Gasteiger partial charge in [0.2, 0.25) is 0 Å². The molecule has 2 aliphatic rings. The maximum absolute atomic E-state index is 12.4. The van der Waals surface area contributed by atoms with Crippen LogP contribution in [0.1, 0.15) is 36.3 Å². The normalized spacial score (nSPS) is 20.7. The van der Waals surface area contributed by atoms with Crippen molar-refractivity contribution < 1.29 is 4.42 Å². The minimum Gasteiger partial charge on any atom is -0.468 e. The highest BCUT2D eigenvalue weighted by molar-refractivity contribution is 5.25. The molecule has 0 radical (unpaired) electrons. The van der Waals surface area contributed by atoms with E-state index in [-0.39, 0.29) is 5.56 Å². The summed E-state index contributed by atoms with van der Waals surface area (Å²) in [7, 11) is 0. The van der Waals surface area contributed by atoms with Crippen molar-refractivity contribution in [3.05, 3.63) is 57.9 Å². The van der Waals surface area contributed by atoms with Crippen LogP contribution in [-0.2, 0) is 25.9 Å². The highest BCUT2D eigenvalue weighted by atomic mass is 16.3. The molecule has 1 aliphatic carbocycles. The second kappa shape index (κ2) is 7.58. The van der Waals surface area contributed by atoms with Crippen molar-refractivity contribution in [3.8, 4) is 0 Å². The lowest BCUT2D eigenvalue weighted by molar-refractivity contribution is 0.316. The van der Waals surface area contributed by atoms with Crippen LogP contribution in [0.4, 0.5) is 0 Å². The summed E-state index contributed by atoms with van der Waals surface area (Å²) in [5.74, 6) is 0.974.